The van der Waals surface area contributed by atoms with Crippen LogP contribution in [-0.2, 0) is 19.2 Å². The average molecular weight is 466 g/mol. The van der Waals surface area contributed by atoms with Gasteiger partial charge in [0.15, 0.2) is 5.96 Å². The first-order chi connectivity index (χ1) is 14.4. The maximum absolute atomic E-state index is 12.4. The molecule has 0 saturated carbocycles. The van der Waals surface area contributed by atoms with Gasteiger partial charge in [-0.3, -0.25) is 19.4 Å². The molecule has 0 aromatic rings. The normalized spacial score (nSPS) is 15.5. The molecule has 0 radical (unpaired) electrons. The van der Waals surface area contributed by atoms with E-state index in [9.17, 15) is 29.4 Å². The summed E-state index contributed by atoms with van der Waals surface area (Å²) in [5.74, 6) is -4.38. The molecule has 0 fully saturated rings. The van der Waals surface area contributed by atoms with Crippen molar-refractivity contribution < 1.29 is 34.5 Å². The third kappa shape index (κ3) is 10.8. The van der Waals surface area contributed by atoms with Gasteiger partial charge in [0.05, 0.1) is 18.8 Å². The fourth-order valence-corrected chi connectivity index (χ4v) is 2.48. The Kier molecular flexibility index (Phi) is 13.2. The van der Waals surface area contributed by atoms with Crippen LogP contribution >= 0.6 is 12.6 Å². The van der Waals surface area contributed by atoms with Gasteiger partial charge in [0, 0.05) is 12.3 Å². The van der Waals surface area contributed by atoms with Crippen molar-refractivity contribution in [1.82, 2.24) is 16.0 Å². The summed E-state index contributed by atoms with van der Waals surface area (Å²) in [6.45, 7) is 0.628. The number of aliphatic hydroxyl groups is 2. The fraction of sp³-hybridized carbons (Fsp3) is 0.688. The first-order valence-electron chi connectivity index (χ1n) is 9.29. The van der Waals surface area contributed by atoms with Crippen LogP contribution in [0.3, 0.4) is 0 Å². The third-order valence-corrected chi connectivity index (χ3v) is 4.34. The lowest BCUT2D eigenvalue weighted by Gasteiger charge is -2.25. The summed E-state index contributed by atoms with van der Waals surface area (Å²) in [5, 5.41) is 34.7. The smallest absolute Gasteiger partial charge is 0.327 e. The molecule has 15 heteroatoms. The number of guanidine groups is 1. The highest BCUT2D eigenvalue weighted by atomic mass is 32.1. The predicted octanol–water partition coefficient (Wildman–Crippen LogP) is -4.79. The van der Waals surface area contributed by atoms with E-state index in [4.69, 9.17) is 22.3 Å². The standard InChI is InChI=1S/C16H31N7O7S/c1-7(25)11(14(28)22-10(6-31)15(29)30)23-13(27)9(5-24)21-12(26)8(17)3-2-4-20-16(18)19/h7-11,24-25,31H,2-6,17H2,1H3,(H,21,26)(H,22,28)(H,23,27)(H,29,30)(H4,18,19,20). The lowest BCUT2D eigenvalue weighted by Crippen LogP contribution is -2.60. The lowest BCUT2D eigenvalue weighted by molar-refractivity contribution is -0.142. The van der Waals surface area contributed by atoms with Crippen LogP contribution in [0.4, 0.5) is 0 Å². The zero-order valence-corrected chi connectivity index (χ0v) is 17.9. The van der Waals surface area contributed by atoms with E-state index in [0.717, 1.165) is 0 Å². The minimum absolute atomic E-state index is 0.101. The van der Waals surface area contributed by atoms with Gasteiger partial charge in [-0.2, -0.15) is 12.6 Å². The minimum atomic E-state index is -1.55. The molecule has 0 saturated heterocycles. The number of carbonyl (C=O) groups excluding carboxylic acids is 3. The molecule has 0 rings (SSSR count). The number of amides is 3. The lowest BCUT2D eigenvalue weighted by atomic mass is 10.1. The highest BCUT2D eigenvalue weighted by molar-refractivity contribution is 7.80. The summed E-state index contributed by atoms with van der Waals surface area (Å²) < 4.78 is 0. The van der Waals surface area contributed by atoms with Crippen molar-refractivity contribution in [1.29, 1.82) is 0 Å². The van der Waals surface area contributed by atoms with E-state index in [1.165, 1.54) is 6.92 Å². The number of thiol groups is 1. The van der Waals surface area contributed by atoms with Crippen LogP contribution in [0.2, 0.25) is 0 Å². The SMILES string of the molecule is CC(O)C(NC(=O)C(CO)NC(=O)C(N)CCCN=C(N)N)C(=O)NC(CS)C(=O)O. The average Bonchev–Trinajstić information content (AvgIpc) is 2.69. The van der Waals surface area contributed by atoms with Crippen molar-refractivity contribution in [3.05, 3.63) is 0 Å². The minimum Gasteiger partial charge on any atom is -0.480 e. The Hall–Kier alpha value is -2.62. The highest BCUT2D eigenvalue weighted by Gasteiger charge is 2.32. The Morgan fingerprint density at radius 1 is 1.03 bits per heavy atom. The van der Waals surface area contributed by atoms with Crippen molar-refractivity contribution in [3.8, 4) is 0 Å². The molecule has 31 heavy (non-hydrogen) atoms. The molecule has 14 nitrogen and oxygen atoms in total. The van der Waals surface area contributed by atoms with E-state index in [1.54, 1.807) is 0 Å². The van der Waals surface area contributed by atoms with Gasteiger partial charge in [0.1, 0.15) is 18.1 Å². The molecular weight excluding hydrogens is 434 g/mol. The summed E-state index contributed by atoms with van der Waals surface area (Å²) >= 11 is 3.81. The van der Waals surface area contributed by atoms with Crippen molar-refractivity contribution in [3.63, 3.8) is 0 Å². The quantitative estimate of drug-likeness (QED) is 0.0506. The molecule has 0 aromatic carbocycles. The van der Waals surface area contributed by atoms with E-state index in [2.05, 4.69) is 33.6 Å². The number of carboxylic acids is 1. The number of hydrogen-bond acceptors (Lipinski definition) is 9. The first-order valence-corrected chi connectivity index (χ1v) is 9.92. The van der Waals surface area contributed by atoms with Crippen LogP contribution in [0.1, 0.15) is 19.8 Å². The predicted molar refractivity (Wildman–Crippen MR) is 114 cm³/mol. The Labute approximate surface area is 184 Å². The molecule has 5 atom stereocenters. The molecule has 0 bridgehead atoms. The van der Waals surface area contributed by atoms with Crippen molar-refractivity contribution in [2.24, 2.45) is 22.2 Å². The van der Waals surface area contributed by atoms with Crippen LogP contribution in [0.5, 0.6) is 0 Å². The number of nitrogens with one attached hydrogen (secondary N) is 3. The number of carboxylic acid groups (broad SMARTS) is 1. The van der Waals surface area contributed by atoms with E-state index in [0.29, 0.717) is 6.42 Å². The topological polar surface area (TPSA) is 255 Å². The van der Waals surface area contributed by atoms with E-state index in [1.807, 2.05) is 0 Å². The Morgan fingerprint density at radius 3 is 2.06 bits per heavy atom. The zero-order chi connectivity index (χ0) is 24.1. The summed E-state index contributed by atoms with van der Waals surface area (Å²) in [6.07, 6.45) is -0.824. The molecule has 5 unspecified atom stereocenters. The third-order valence-electron chi connectivity index (χ3n) is 3.98. The Balaban J connectivity index is 4.95. The number of rotatable bonds is 14. The van der Waals surface area contributed by atoms with Crippen LogP contribution in [0, 0.1) is 0 Å². The number of aliphatic imine (C=N–C) groups is 1. The van der Waals surface area contributed by atoms with Crippen LogP contribution < -0.4 is 33.2 Å². The van der Waals surface area contributed by atoms with E-state index in [-0.39, 0.29) is 24.7 Å². The van der Waals surface area contributed by atoms with E-state index >= 15 is 0 Å². The van der Waals surface area contributed by atoms with Crippen LogP contribution in [0.15, 0.2) is 4.99 Å². The summed E-state index contributed by atoms with van der Waals surface area (Å²) in [4.78, 5) is 51.5. The number of carbonyl (C=O) groups is 4. The first kappa shape index (κ1) is 28.4. The largest absolute Gasteiger partial charge is 0.480 e. The van der Waals surface area contributed by atoms with Crippen molar-refractivity contribution in [2.75, 3.05) is 18.9 Å². The van der Waals surface area contributed by atoms with Gasteiger partial charge in [0.2, 0.25) is 17.7 Å². The summed E-state index contributed by atoms with van der Waals surface area (Å²) in [6, 6.07) is -5.38. The molecule has 178 valence electrons. The number of hydrogen-bond donors (Lipinski definition) is 10. The Bertz CT molecular complexity index is 658. The number of nitrogens with two attached hydrogens (primary N) is 3. The van der Waals surface area contributed by atoms with Gasteiger partial charge < -0.3 is 48.5 Å². The molecule has 12 N–H and O–H groups in total. The molecule has 0 aliphatic rings. The molecule has 0 spiro atoms. The summed E-state index contributed by atoms with van der Waals surface area (Å²) in [7, 11) is 0. The second-order valence-corrected chi connectivity index (χ2v) is 6.97. The van der Waals surface area contributed by atoms with Gasteiger partial charge in [-0.05, 0) is 19.8 Å². The fourth-order valence-electron chi connectivity index (χ4n) is 2.23. The van der Waals surface area contributed by atoms with Gasteiger partial charge in [-0.1, -0.05) is 0 Å². The van der Waals surface area contributed by atoms with Gasteiger partial charge in [-0.25, -0.2) is 4.79 Å². The molecule has 0 aliphatic carbocycles. The number of nitrogens with zero attached hydrogens (tertiary/aromatic N) is 1. The molecular formula is C16H31N7O7S. The maximum Gasteiger partial charge on any atom is 0.327 e. The van der Waals surface area contributed by atoms with Crippen LogP contribution in [0.25, 0.3) is 0 Å². The van der Waals surface area contributed by atoms with E-state index < -0.39 is 60.6 Å². The second-order valence-electron chi connectivity index (χ2n) is 6.61. The number of aliphatic hydroxyl groups excluding tert-OH is 2. The van der Waals surface area contributed by atoms with Gasteiger partial charge in [0.25, 0.3) is 0 Å². The molecule has 0 aliphatic heterocycles. The van der Waals surface area contributed by atoms with Gasteiger partial charge in [-0.15, -0.1) is 0 Å². The molecule has 3 amide bonds. The molecule has 0 heterocycles. The zero-order valence-electron chi connectivity index (χ0n) is 17.0. The van der Waals surface area contributed by atoms with Crippen molar-refractivity contribution >= 4 is 42.3 Å². The monoisotopic (exact) mass is 465 g/mol. The maximum atomic E-state index is 12.4. The Morgan fingerprint density at radius 2 is 1.61 bits per heavy atom. The number of aliphatic carboxylic acids is 1. The van der Waals surface area contributed by atoms with Crippen molar-refractivity contribution in [2.45, 2.75) is 50.0 Å². The molecule has 0 aromatic heterocycles. The summed E-state index contributed by atoms with van der Waals surface area (Å²) in [5.41, 5.74) is 16.1. The van der Waals surface area contributed by atoms with Crippen LogP contribution in [-0.4, -0.2) is 94.1 Å². The van der Waals surface area contributed by atoms with Gasteiger partial charge >= 0.3 is 5.97 Å². The second kappa shape index (κ2) is 14.4. The highest BCUT2D eigenvalue weighted by Crippen LogP contribution is 2.00.